The van der Waals surface area contributed by atoms with Crippen molar-refractivity contribution in [3.63, 3.8) is 0 Å². The van der Waals surface area contributed by atoms with E-state index in [1.165, 1.54) is 4.90 Å². The van der Waals surface area contributed by atoms with Crippen LogP contribution in [0.25, 0.3) is 0 Å². The summed E-state index contributed by atoms with van der Waals surface area (Å²) >= 11 is 5.73. The van der Waals surface area contributed by atoms with E-state index in [0.717, 1.165) is 0 Å². The van der Waals surface area contributed by atoms with Crippen LogP contribution in [0.15, 0.2) is 24.3 Å². The quantitative estimate of drug-likeness (QED) is 0.766. The molecule has 18 heavy (non-hydrogen) atoms. The van der Waals surface area contributed by atoms with Gasteiger partial charge in [0.2, 0.25) is 11.8 Å². The van der Waals surface area contributed by atoms with Gasteiger partial charge in [0.15, 0.2) is 0 Å². The van der Waals surface area contributed by atoms with E-state index in [1.54, 1.807) is 31.2 Å². The fraction of sp³-hybridized carbons (Fsp3) is 0.250. The molecule has 1 aliphatic rings. The number of hydrogen-bond acceptors (Lipinski definition) is 3. The fourth-order valence-corrected chi connectivity index (χ4v) is 1.85. The molecule has 0 aliphatic carbocycles. The lowest BCUT2D eigenvalue weighted by atomic mass is 10.1. The average Bonchev–Trinajstić information content (AvgIpc) is 2.34. The molecule has 0 aromatic heterocycles. The summed E-state index contributed by atoms with van der Waals surface area (Å²) in [4.78, 5) is 36.1. The molecular formula is C12H11ClN2O3. The van der Waals surface area contributed by atoms with E-state index in [0.29, 0.717) is 10.6 Å². The first kappa shape index (κ1) is 12.6. The molecule has 1 aliphatic heterocycles. The molecule has 94 valence electrons. The number of imide groups is 1. The topological polar surface area (TPSA) is 66.5 Å². The Morgan fingerprint density at radius 1 is 1.33 bits per heavy atom. The molecule has 5 nitrogen and oxygen atoms in total. The molecule has 1 fully saturated rings. The Morgan fingerprint density at radius 3 is 2.56 bits per heavy atom. The first-order valence-corrected chi connectivity index (χ1v) is 5.77. The van der Waals surface area contributed by atoms with Crippen molar-refractivity contribution < 1.29 is 14.4 Å². The Labute approximate surface area is 109 Å². The summed E-state index contributed by atoms with van der Waals surface area (Å²) in [5.74, 6) is -1.30. The molecule has 1 aromatic rings. The SMILES string of the molecule is CC1C(=O)NC(=O)CN1C(=O)c1ccc(Cl)cc1. The molecule has 1 saturated heterocycles. The van der Waals surface area contributed by atoms with Crippen molar-refractivity contribution in [1.82, 2.24) is 10.2 Å². The Bertz CT molecular complexity index is 513. The molecule has 0 spiro atoms. The van der Waals surface area contributed by atoms with Gasteiger partial charge in [-0.2, -0.15) is 0 Å². The Kier molecular flexibility index (Phi) is 3.34. The van der Waals surface area contributed by atoms with Gasteiger partial charge in [-0.15, -0.1) is 0 Å². The molecule has 1 heterocycles. The smallest absolute Gasteiger partial charge is 0.254 e. The van der Waals surface area contributed by atoms with Crippen molar-refractivity contribution >= 4 is 29.3 Å². The van der Waals surface area contributed by atoms with E-state index in [2.05, 4.69) is 5.32 Å². The van der Waals surface area contributed by atoms with Crippen LogP contribution in [0.1, 0.15) is 17.3 Å². The maximum atomic E-state index is 12.2. The monoisotopic (exact) mass is 266 g/mol. The van der Waals surface area contributed by atoms with Gasteiger partial charge in [-0.25, -0.2) is 0 Å². The third-order valence-corrected chi connectivity index (χ3v) is 3.03. The number of benzene rings is 1. The highest BCUT2D eigenvalue weighted by atomic mass is 35.5. The Hall–Kier alpha value is -1.88. The van der Waals surface area contributed by atoms with Crippen LogP contribution in [0.4, 0.5) is 0 Å². The van der Waals surface area contributed by atoms with Gasteiger partial charge in [0.05, 0.1) is 0 Å². The first-order valence-electron chi connectivity index (χ1n) is 5.39. The van der Waals surface area contributed by atoms with Gasteiger partial charge in [-0.3, -0.25) is 19.7 Å². The van der Waals surface area contributed by atoms with E-state index in [-0.39, 0.29) is 12.5 Å². The van der Waals surface area contributed by atoms with Crippen LogP contribution in [0, 0.1) is 0 Å². The van der Waals surface area contributed by atoms with Crippen molar-refractivity contribution in [2.45, 2.75) is 13.0 Å². The summed E-state index contributed by atoms with van der Waals surface area (Å²) in [5.41, 5.74) is 0.397. The van der Waals surface area contributed by atoms with E-state index < -0.39 is 17.9 Å². The van der Waals surface area contributed by atoms with Crippen LogP contribution >= 0.6 is 11.6 Å². The molecule has 0 saturated carbocycles. The van der Waals surface area contributed by atoms with Gasteiger partial charge in [0, 0.05) is 10.6 Å². The van der Waals surface area contributed by atoms with Gasteiger partial charge < -0.3 is 4.90 Å². The highest BCUT2D eigenvalue weighted by Gasteiger charge is 2.33. The normalized spacial score (nSPS) is 19.7. The summed E-state index contributed by atoms with van der Waals surface area (Å²) in [7, 11) is 0. The minimum absolute atomic E-state index is 0.117. The van der Waals surface area contributed by atoms with Crippen LogP contribution in [-0.2, 0) is 9.59 Å². The van der Waals surface area contributed by atoms with Gasteiger partial charge >= 0.3 is 0 Å². The second-order valence-electron chi connectivity index (χ2n) is 4.03. The lowest BCUT2D eigenvalue weighted by Crippen LogP contribution is -2.58. The zero-order valence-corrected chi connectivity index (χ0v) is 10.4. The molecule has 0 radical (unpaired) electrons. The number of carbonyl (C=O) groups excluding carboxylic acids is 3. The van der Waals surface area contributed by atoms with Crippen molar-refractivity contribution in [3.8, 4) is 0 Å². The van der Waals surface area contributed by atoms with Gasteiger partial charge in [-0.1, -0.05) is 11.6 Å². The third kappa shape index (κ3) is 2.36. The summed E-state index contributed by atoms with van der Waals surface area (Å²) in [6.45, 7) is 1.46. The van der Waals surface area contributed by atoms with Crippen molar-refractivity contribution in [2.24, 2.45) is 0 Å². The highest BCUT2D eigenvalue weighted by Crippen LogP contribution is 2.14. The highest BCUT2D eigenvalue weighted by molar-refractivity contribution is 6.30. The number of carbonyl (C=O) groups is 3. The number of rotatable bonds is 1. The van der Waals surface area contributed by atoms with Crippen LogP contribution in [0.2, 0.25) is 5.02 Å². The Balaban J connectivity index is 2.24. The van der Waals surface area contributed by atoms with E-state index in [1.807, 2.05) is 0 Å². The second-order valence-corrected chi connectivity index (χ2v) is 4.46. The number of hydrogen-bond donors (Lipinski definition) is 1. The molecule has 0 bridgehead atoms. The molecular weight excluding hydrogens is 256 g/mol. The molecule has 1 N–H and O–H groups in total. The van der Waals surface area contributed by atoms with E-state index >= 15 is 0 Å². The number of amides is 3. The maximum absolute atomic E-state index is 12.2. The summed E-state index contributed by atoms with van der Waals surface area (Å²) < 4.78 is 0. The lowest BCUT2D eigenvalue weighted by molar-refractivity contribution is -0.138. The first-order chi connectivity index (χ1) is 8.49. The zero-order valence-electron chi connectivity index (χ0n) is 9.64. The number of nitrogens with zero attached hydrogens (tertiary/aromatic N) is 1. The van der Waals surface area contributed by atoms with Gasteiger partial charge in [0.25, 0.3) is 5.91 Å². The average molecular weight is 267 g/mol. The zero-order chi connectivity index (χ0) is 13.3. The number of piperazine rings is 1. The van der Waals surface area contributed by atoms with Crippen LogP contribution in [0.5, 0.6) is 0 Å². The molecule has 2 rings (SSSR count). The predicted molar refractivity (Wildman–Crippen MR) is 65.1 cm³/mol. The standard InChI is InChI=1S/C12H11ClN2O3/c1-7-11(17)14-10(16)6-15(7)12(18)8-2-4-9(13)5-3-8/h2-5,7H,6H2,1H3,(H,14,16,17). The fourth-order valence-electron chi connectivity index (χ4n) is 1.72. The lowest BCUT2D eigenvalue weighted by Gasteiger charge is -2.31. The minimum Gasteiger partial charge on any atom is -0.318 e. The molecule has 1 unspecified atom stereocenters. The molecule has 1 aromatic carbocycles. The van der Waals surface area contributed by atoms with Gasteiger partial charge in [0.1, 0.15) is 12.6 Å². The van der Waals surface area contributed by atoms with Crippen molar-refractivity contribution in [2.75, 3.05) is 6.54 Å². The van der Waals surface area contributed by atoms with Crippen molar-refractivity contribution in [3.05, 3.63) is 34.9 Å². The molecule has 6 heteroatoms. The Morgan fingerprint density at radius 2 is 1.94 bits per heavy atom. The molecule has 1 atom stereocenters. The predicted octanol–water partition coefficient (Wildman–Crippen LogP) is 0.827. The van der Waals surface area contributed by atoms with Crippen molar-refractivity contribution in [1.29, 1.82) is 0 Å². The minimum atomic E-state index is -0.661. The second kappa shape index (κ2) is 4.78. The van der Waals surface area contributed by atoms with E-state index in [4.69, 9.17) is 11.6 Å². The van der Waals surface area contributed by atoms with Crippen LogP contribution < -0.4 is 5.32 Å². The van der Waals surface area contributed by atoms with Gasteiger partial charge in [-0.05, 0) is 31.2 Å². The number of halogens is 1. The summed E-state index contributed by atoms with van der Waals surface area (Å²) in [5, 5.41) is 2.70. The third-order valence-electron chi connectivity index (χ3n) is 2.78. The molecule has 3 amide bonds. The van der Waals surface area contributed by atoms with Crippen LogP contribution in [0.3, 0.4) is 0 Å². The van der Waals surface area contributed by atoms with Crippen LogP contribution in [-0.4, -0.2) is 35.2 Å². The largest absolute Gasteiger partial charge is 0.318 e. The number of nitrogens with one attached hydrogen (secondary N) is 1. The van der Waals surface area contributed by atoms with E-state index in [9.17, 15) is 14.4 Å². The summed E-state index contributed by atoms with van der Waals surface area (Å²) in [6.07, 6.45) is 0. The summed E-state index contributed by atoms with van der Waals surface area (Å²) in [6, 6.07) is 5.64. The maximum Gasteiger partial charge on any atom is 0.254 e.